The van der Waals surface area contributed by atoms with Gasteiger partial charge in [-0.25, -0.2) is 4.79 Å². The largest absolute Gasteiger partial charge is 0.450 e. The smallest absolute Gasteiger partial charge is 0.409 e. The molecule has 0 aromatic rings. The maximum absolute atomic E-state index is 11.7. The molecule has 1 heterocycles. The van der Waals surface area contributed by atoms with Crippen molar-refractivity contribution in [3.63, 3.8) is 0 Å². The standard InChI is InChI=1S/C16H31N5O2.HI/c1-5-23-16(22)21-10-8-20(9-11-21)15(17-2)18-12-14(19(3)4)13-6-7-13;/h13-14H,5-12H2,1-4H3,(H,17,18);1H. The highest BCUT2D eigenvalue weighted by Gasteiger charge is 2.33. The van der Waals surface area contributed by atoms with E-state index in [1.165, 1.54) is 12.8 Å². The lowest BCUT2D eigenvalue weighted by Crippen LogP contribution is -2.55. The molecule has 0 aromatic carbocycles. The van der Waals surface area contributed by atoms with Gasteiger partial charge in [-0.15, -0.1) is 24.0 Å². The van der Waals surface area contributed by atoms with Crippen LogP contribution in [-0.4, -0.2) is 93.3 Å². The normalized spacial score (nSPS) is 19.8. The van der Waals surface area contributed by atoms with Crippen LogP contribution in [0.1, 0.15) is 19.8 Å². The van der Waals surface area contributed by atoms with E-state index in [9.17, 15) is 4.79 Å². The van der Waals surface area contributed by atoms with Gasteiger partial charge < -0.3 is 24.8 Å². The van der Waals surface area contributed by atoms with Gasteiger partial charge in [0.25, 0.3) is 0 Å². The molecule has 0 radical (unpaired) electrons. The molecule has 0 bridgehead atoms. The maximum atomic E-state index is 11.7. The monoisotopic (exact) mass is 453 g/mol. The summed E-state index contributed by atoms with van der Waals surface area (Å²) in [7, 11) is 6.11. The summed E-state index contributed by atoms with van der Waals surface area (Å²) in [6.45, 7) is 6.11. The fourth-order valence-corrected chi connectivity index (χ4v) is 3.10. The van der Waals surface area contributed by atoms with Crippen LogP contribution < -0.4 is 5.32 Å². The van der Waals surface area contributed by atoms with Crippen molar-refractivity contribution in [2.24, 2.45) is 10.9 Å². The molecule has 1 aliphatic carbocycles. The summed E-state index contributed by atoms with van der Waals surface area (Å²) in [5.74, 6) is 1.75. The molecule has 1 N–H and O–H groups in total. The summed E-state index contributed by atoms with van der Waals surface area (Å²) in [5.41, 5.74) is 0. The van der Waals surface area contributed by atoms with Crippen LogP contribution in [-0.2, 0) is 4.74 Å². The molecule has 1 saturated carbocycles. The summed E-state index contributed by atoms with van der Waals surface area (Å²) in [6, 6.07) is 0.563. The Bertz CT molecular complexity index is 419. The number of carbonyl (C=O) groups is 1. The Balaban J connectivity index is 0.00000288. The lowest BCUT2D eigenvalue weighted by Gasteiger charge is -2.36. The number of guanidine groups is 1. The van der Waals surface area contributed by atoms with Gasteiger partial charge in [0, 0.05) is 45.8 Å². The number of amides is 1. The van der Waals surface area contributed by atoms with Crippen LogP contribution >= 0.6 is 24.0 Å². The first-order valence-corrected chi connectivity index (χ1v) is 8.60. The van der Waals surface area contributed by atoms with Crippen LogP contribution in [0.25, 0.3) is 0 Å². The fourth-order valence-electron chi connectivity index (χ4n) is 3.10. The van der Waals surface area contributed by atoms with Gasteiger partial charge in [0.2, 0.25) is 0 Å². The average molecular weight is 453 g/mol. The summed E-state index contributed by atoms with van der Waals surface area (Å²) in [4.78, 5) is 22.4. The van der Waals surface area contributed by atoms with Crippen molar-refractivity contribution < 1.29 is 9.53 Å². The Morgan fingerprint density at radius 2 is 1.83 bits per heavy atom. The Hall–Kier alpha value is -0.770. The van der Waals surface area contributed by atoms with E-state index in [0.29, 0.717) is 25.7 Å². The SMILES string of the molecule is CCOC(=O)N1CCN(C(=NC)NCC(C2CC2)N(C)C)CC1.I. The molecule has 24 heavy (non-hydrogen) atoms. The van der Waals surface area contributed by atoms with Crippen LogP contribution in [0.3, 0.4) is 0 Å². The zero-order valence-corrected chi connectivity index (χ0v) is 17.7. The van der Waals surface area contributed by atoms with E-state index in [1.807, 2.05) is 14.0 Å². The third-order valence-electron chi connectivity index (χ3n) is 4.62. The number of nitrogens with one attached hydrogen (secondary N) is 1. The van der Waals surface area contributed by atoms with Crippen LogP contribution in [0, 0.1) is 5.92 Å². The lowest BCUT2D eigenvalue weighted by atomic mass is 10.1. The third kappa shape index (κ3) is 5.94. The molecule has 1 unspecified atom stereocenters. The van der Waals surface area contributed by atoms with Crippen molar-refractivity contribution in [2.75, 3.05) is 60.5 Å². The Kier molecular flexibility index (Phi) is 9.11. The van der Waals surface area contributed by atoms with Gasteiger partial charge in [0.05, 0.1) is 6.61 Å². The molecule has 2 aliphatic rings. The number of hydrogen-bond donors (Lipinski definition) is 1. The molecule has 2 fully saturated rings. The predicted molar refractivity (Wildman–Crippen MR) is 107 cm³/mol. The van der Waals surface area contributed by atoms with Crippen LogP contribution in [0.15, 0.2) is 4.99 Å². The summed E-state index contributed by atoms with van der Waals surface area (Å²) < 4.78 is 5.06. The van der Waals surface area contributed by atoms with E-state index in [4.69, 9.17) is 4.74 Å². The highest BCUT2D eigenvalue weighted by molar-refractivity contribution is 14.0. The number of aliphatic imine (C=N–C) groups is 1. The zero-order valence-electron chi connectivity index (χ0n) is 15.3. The number of rotatable bonds is 5. The predicted octanol–water partition coefficient (Wildman–Crippen LogP) is 1.29. The Morgan fingerprint density at radius 3 is 2.29 bits per heavy atom. The molecule has 1 atom stereocenters. The fraction of sp³-hybridized carbons (Fsp3) is 0.875. The molecular formula is C16H32IN5O2. The summed E-state index contributed by atoms with van der Waals surface area (Å²) in [5, 5.41) is 3.51. The minimum Gasteiger partial charge on any atom is -0.450 e. The van der Waals surface area contributed by atoms with E-state index in [1.54, 1.807) is 4.90 Å². The number of hydrogen-bond acceptors (Lipinski definition) is 4. The van der Waals surface area contributed by atoms with Gasteiger partial charge in [0.1, 0.15) is 0 Å². The van der Waals surface area contributed by atoms with Gasteiger partial charge in [-0.2, -0.15) is 0 Å². The topological polar surface area (TPSA) is 60.4 Å². The summed E-state index contributed by atoms with van der Waals surface area (Å²) >= 11 is 0. The molecule has 8 heteroatoms. The van der Waals surface area contributed by atoms with Gasteiger partial charge in [0.15, 0.2) is 5.96 Å². The van der Waals surface area contributed by atoms with Crippen LogP contribution in [0.4, 0.5) is 4.79 Å². The van der Waals surface area contributed by atoms with Crippen LogP contribution in [0.2, 0.25) is 0 Å². The second-order valence-corrected chi connectivity index (χ2v) is 6.47. The van der Waals surface area contributed by atoms with Crippen molar-refractivity contribution in [3.05, 3.63) is 0 Å². The summed E-state index contributed by atoms with van der Waals surface area (Å²) in [6.07, 6.45) is 2.46. The minimum absolute atomic E-state index is 0. The van der Waals surface area contributed by atoms with Crippen molar-refractivity contribution >= 4 is 36.0 Å². The van der Waals surface area contributed by atoms with E-state index in [-0.39, 0.29) is 30.1 Å². The third-order valence-corrected chi connectivity index (χ3v) is 4.62. The first-order chi connectivity index (χ1) is 11.1. The average Bonchev–Trinajstić information content (AvgIpc) is 3.36. The second-order valence-electron chi connectivity index (χ2n) is 6.47. The molecular weight excluding hydrogens is 421 g/mol. The highest BCUT2D eigenvalue weighted by Crippen LogP contribution is 2.34. The molecule has 1 saturated heterocycles. The molecule has 140 valence electrons. The molecule has 1 aliphatic heterocycles. The zero-order chi connectivity index (χ0) is 16.8. The van der Waals surface area contributed by atoms with Gasteiger partial charge in [-0.05, 0) is 39.8 Å². The van der Waals surface area contributed by atoms with Gasteiger partial charge in [-0.1, -0.05) is 0 Å². The Labute approximate surface area is 162 Å². The first-order valence-electron chi connectivity index (χ1n) is 8.60. The van der Waals surface area contributed by atoms with Crippen molar-refractivity contribution in [2.45, 2.75) is 25.8 Å². The number of nitrogens with zero attached hydrogens (tertiary/aromatic N) is 4. The molecule has 0 aromatic heterocycles. The molecule has 1 amide bonds. The van der Waals surface area contributed by atoms with Crippen molar-refractivity contribution in [1.29, 1.82) is 0 Å². The number of ether oxygens (including phenoxy) is 1. The van der Waals surface area contributed by atoms with Crippen LogP contribution in [0.5, 0.6) is 0 Å². The second kappa shape index (κ2) is 10.3. The number of likely N-dealkylation sites (N-methyl/N-ethyl adjacent to an activating group) is 1. The first kappa shape index (κ1) is 21.3. The van der Waals surface area contributed by atoms with Crippen molar-refractivity contribution in [1.82, 2.24) is 20.0 Å². The number of carbonyl (C=O) groups excluding carboxylic acids is 1. The van der Waals surface area contributed by atoms with Gasteiger partial charge >= 0.3 is 6.09 Å². The quantitative estimate of drug-likeness (QED) is 0.387. The minimum atomic E-state index is -0.212. The number of halogens is 1. The molecule has 0 spiro atoms. The lowest BCUT2D eigenvalue weighted by molar-refractivity contribution is 0.0913. The van der Waals surface area contributed by atoms with E-state index >= 15 is 0 Å². The molecule has 2 rings (SSSR count). The molecule has 7 nitrogen and oxygen atoms in total. The van der Waals surface area contributed by atoms with Crippen molar-refractivity contribution in [3.8, 4) is 0 Å². The van der Waals surface area contributed by atoms with E-state index < -0.39 is 0 Å². The van der Waals surface area contributed by atoms with Gasteiger partial charge in [-0.3, -0.25) is 4.99 Å². The maximum Gasteiger partial charge on any atom is 0.409 e. The van der Waals surface area contributed by atoms with E-state index in [2.05, 4.69) is 34.2 Å². The van der Waals surface area contributed by atoms with E-state index in [0.717, 1.165) is 31.5 Å². The Morgan fingerprint density at radius 1 is 1.25 bits per heavy atom. The number of piperazine rings is 1. The highest BCUT2D eigenvalue weighted by atomic mass is 127.